The lowest BCUT2D eigenvalue weighted by Gasteiger charge is -2.29. The average Bonchev–Trinajstić information content (AvgIpc) is 3.31. The summed E-state index contributed by atoms with van der Waals surface area (Å²) in [5.74, 6) is 0. The van der Waals surface area contributed by atoms with Gasteiger partial charge in [-0.1, -0.05) is 129 Å². The van der Waals surface area contributed by atoms with Gasteiger partial charge in [-0.15, -0.1) is 0 Å². The van der Waals surface area contributed by atoms with Gasteiger partial charge in [0.1, 0.15) is 0 Å². The van der Waals surface area contributed by atoms with Crippen LogP contribution in [0, 0.1) is 0 Å². The summed E-state index contributed by atoms with van der Waals surface area (Å²) in [7, 11) is 0. The quantitative estimate of drug-likeness (QED) is 0.223. The van der Waals surface area contributed by atoms with Crippen molar-refractivity contribution in [3.8, 4) is 22.3 Å². The Labute approximate surface area is 263 Å². The number of allylic oxidation sites excluding steroid dienone is 2. The maximum atomic E-state index is 5.28. The minimum Gasteiger partial charge on any atom is -0.371 e. The molecule has 0 saturated heterocycles. The van der Waals surface area contributed by atoms with E-state index in [4.69, 9.17) is 4.99 Å². The zero-order valence-electron chi connectivity index (χ0n) is 25.4. The van der Waals surface area contributed by atoms with Crippen molar-refractivity contribution in [1.82, 2.24) is 5.32 Å². The topological polar surface area (TPSA) is 24.4 Å². The van der Waals surface area contributed by atoms with Gasteiger partial charge in [0, 0.05) is 16.5 Å². The fourth-order valence-electron chi connectivity index (χ4n) is 7.36. The van der Waals surface area contributed by atoms with Crippen molar-refractivity contribution in [2.24, 2.45) is 4.99 Å². The standard InChI is InChI=1S/C43H32N2/c1-43(2)37-26-34(21-22-35(37)36-24-31-11-5-6-12-32(31)25-38(36)43)42-41(44-39-13-7-8-14-40(39)45-42)29-18-15-28(16-19-29)33-20-17-27-9-3-4-10-30(27)23-33/h3-26,40,45H,1-2H3. The van der Waals surface area contributed by atoms with E-state index in [0.717, 1.165) is 22.7 Å². The summed E-state index contributed by atoms with van der Waals surface area (Å²) in [6.45, 7) is 4.71. The second kappa shape index (κ2) is 9.77. The largest absolute Gasteiger partial charge is 0.371 e. The summed E-state index contributed by atoms with van der Waals surface area (Å²) in [6, 6.07) is 44.6. The summed E-state index contributed by atoms with van der Waals surface area (Å²) in [6.07, 6.45) is 8.48. The Morgan fingerprint density at radius 1 is 0.556 bits per heavy atom. The molecule has 6 aromatic rings. The molecule has 1 atom stereocenters. The molecule has 2 aliphatic carbocycles. The highest BCUT2D eigenvalue weighted by Gasteiger charge is 2.36. The third kappa shape index (κ3) is 4.13. The molecule has 0 radical (unpaired) electrons. The summed E-state index contributed by atoms with van der Waals surface area (Å²) in [5, 5.41) is 8.96. The summed E-state index contributed by atoms with van der Waals surface area (Å²) < 4.78 is 0. The molecule has 1 heterocycles. The van der Waals surface area contributed by atoms with Crippen molar-refractivity contribution in [2.45, 2.75) is 25.3 Å². The van der Waals surface area contributed by atoms with Crippen LogP contribution in [0.4, 0.5) is 0 Å². The minimum atomic E-state index is -0.108. The van der Waals surface area contributed by atoms with E-state index in [0.29, 0.717) is 0 Å². The van der Waals surface area contributed by atoms with Crippen LogP contribution in [0.15, 0.2) is 151 Å². The number of fused-ring (bicyclic) bond motifs is 6. The normalized spacial score (nSPS) is 17.6. The number of rotatable bonds is 3. The maximum absolute atomic E-state index is 5.28. The molecular formula is C43H32N2. The van der Waals surface area contributed by atoms with E-state index in [1.165, 1.54) is 60.5 Å². The van der Waals surface area contributed by atoms with Crippen LogP contribution in [0.25, 0.3) is 55.2 Å². The first-order valence-corrected chi connectivity index (χ1v) is 15.8. The zero-order valence-corrected chi connectivity index (χ0v) is 25.4. The Kier molecular flexibility index (Phi) is 5.64. The molecule has 0 bridgehead atoms. The predicted octanol–water partition coefficient (Wildman–Crippen LogP) is 10.3. The van der Waals surface area contributed by atoms with Crippen LogP contribution < -0.4 is 5.32 Å². The zero-order chi connectivity index (χ0) is 30.1. The predicted molar refractivity (Wildman–Crippen MR) is 190 cm³/mol. The van der Waals surface area contributed by atoms with Crippen molar-refractivity contribution in [3.05, 3.63) is 168 Å². The SMILES string of the molecule is CC1(C)c2cc(C3=C(c4ccc(-c5ccc6ccccc6c5)cc4)N=C4C=CC=CC4N3)ccc2-c2cc3ccccc3cc21. The van der Waals surface area contributed by atoms with E-state index in [2.05, 4.69) is 165 Å². The van der Waals surface area contributed by atoms with Gasteiger partial charge in [0.25, 0.3) is 0 Å². The number of nitrogens with zero attached hydrogens (tertiary/aromatic N) is 1. The Morgan fingerprint density at radius 3 is 2.00 bits per heavy atom. The van der Waals surface area contributed by atoms with E-state index < -0.39 is 0 Å². The van der Waals surface area contributed by atoms with E-state index >= 15 is 0 Å². The van der Waals surface area contributed by atoms with Gasteiger partial charge in [0.15, 0.2) is 0 Å². The van der Waals surface area contributed by atoms with Gasteiger partial charge < -0.3 is 5.32 Å². The van der Waals surface area contributed by atoms with Crippen molar-refractivity contribution in [3.63, 3.8) is 0 Å². The second-order valence-corrected chi connectivity index (χ2v) is 12.9. The molecule has 1 aliphatic heterocycles. The third-order valence-corrected chi connectivity index (χ3v) is 9.85. The lowest BCUT2D eigenvalue weighted by atomic mass is 9.81. The first kappa shape index (κ1) is 26.0. The molecule has 3 aliphatic rings. The van der Waals surface area contributed by atoms with Gasteiger partial charge in [-0.05, 0) is 85.3 Å². The van der Waals surface area contributed by atoms with Gasteiger partial charge in [0.05, 0.1) is 23.1 Å². The lowest BCUT2D eigenvalue weighted by molar-refractivity contribution is 0.661. The molecule has 2 heteroatoms. The molecule has 0 spiro atoms. The Morgan fingerprint density at radius 2 is 1.20 bits per heavy atom. The molecule has 6 aromatic carbocycles. The fraction of sp³-hybridized carbons (Fsp3) is 0.0930. The molecule has 0 aromatic heterocycles. The van der Waals surface area contributed by atoms with Crippen LogP contribution in [-0.4, -0.2) is 11.8 Å². The molecule has 0 fully saturated rings. The average molecular weight is 577 g/mol. The molecule has 45 heavy (non-hydrogen) atoms. The third-order valence-electron chi connectivity index (χ3n) is 9.85. The first-order valence-electron chi connectivity index (χ1n) is 15.8. The van der Waals surface area contributed by atoms with Crippen LogP contribution in [0.2, 0.25) is 0 Å². The van der Waals surface area contributed by atoms with Crippen molar-refractivity contribution < 1.29 is 0 Å². The van der Waals surface area contributed by atoms with Crippen LogP contribution in [-0.2, 0) is 5.41 Å². The number of aliphatic imine (C=N–C) groups is 1. The first-order chi connectivity index (χ1) is 22.0. The Hall–Kier alpha value is -5.47. The van der Waals surface area contributed by atoms with Gasteiger partial charge in [-0.2, -0.15) is 0 Å². The number of benzene rings is 6. The molecule has 0 amide bonds. The summed E-state index contributed by atoms with van der Waals surface area (Å²) in [4.78, 5) is 5.28. The maximum Gasteiger partial charge on any atom is 0.0944 e. The van der Waals surface area contributed by atoms with Gasteiger partial charge in [-0.3, -0.25) is 0 Å². The fourth-order valence-corrected chi connectivity index (χ4v) is 7.36. The van der Waals surface area contributed by atoms with E-state index in [9.17, 15) is 0 Å². The lowest BCUT2D eigenvalue weighted by Crippen LogP contribution is -2.37. The van der Waals surface area contributed by atoms with Crippen molar-refractivity contribution >= 4 is 38.7 Å². The van der Waals surface area contributed by atoms with Crippen LogP contribution in [0.1, 0.15) is 36.1 Å². The van der Waals surface area contributed by atoms with Gasteiger partial charge >= 0.3 is 0 Å². The molecular weight excluding hydrogens is 544 g/mol. The molecule has 2 nitrogen and oxygen atoms in total. The second-order valence-electron chi connectivity index (χ2n) is 12.9. The van der Waals surface area contributed by atoms with E-state index in [1.54, 1.807) is 0 Å². The minimum absolute atomic E-state index is 0.0504. The molecule has 0 saturated carbocycles. The van der Waals surface area contributed by atoms with E-state index in [-0.39, 0.29) is 11.5 Å². The monoisotopic (exact) mass is 576 g/mol. The molecule has 214 valence electrons. The summed E-state index contributed by atoms with van der Waals surface area (Å²) >= 11 is 0. The highest BCUT2D eigenvalue weighted by molar-refractivity contribution is 6.10. The van der Waals surface area contributed by atoms with Crippen LogP contribution in [0.3, 0.4) is 0 Å². The molecule has 1 N–H and O–H groups in total. The van der Waals surface area contributed by atoms with E-state index in [1.807, 2.05) is 0 Å². The molecule has 1 unspecified atom stereocenters. The van der Waals surface area contributed by atoms with Crippen LogP contribution in [0.5, 0.6) is 0 Å². The van der Waals surface area contributed by atoms with Crippen LogP contribution >= 0.6 is 0 Å². The highest BCUT2D eigenvalue weighted by Crippen LogP contribution is 2.50. The summed E-state index contributed by atoms with van der Waals surface area (Å²) in [5.41, 5.74) is 13.1. The smallest absolute Gasteiger partial charge is 0.0944 e. The Bertz CT molecular complexity index is 2310. The number of nitrogens with one attached hydrogen (secondary N) is 1. The van der Waals surface area contributed by atoms with Gasteiger partial charge in [-0.25, -0.2) is 4.99 Å². The number of hydrogen-bond donors (Lipinski definition) is 1. The molecule has 9 rings (SSSR count). The van der Waals surface area contributed by atoms with Crippen molar-refractivity contribution in [1.29, 1.82) is 0 Å². The Balaban J connectivity index is 1.16. The highest BCUT2D eigenvalue weighted by atomic mass is 15.0. The van der Waals surface area contributed by atoms with Gasteiger partial charge in [0.2, 0.25) is 0 Å². The van der Waals surface area contributed by atoms with Crippen molar-refractivity contribution in [2.75, 3.05) is 0 Å². The number of hydrogen-bond acceptors (Lipinski definition) is 2.